The summed E-state index contributed by atoms with van der Waals surface area (Å²) in [5.41, 5.74) is -1.65. The number of nitrogens with zero attached hydrogens (tertiary/aromatic N) is 2. The number of benzene rings is 2. The molecule has 268 valence electrons. The molecule has 4 heterocycles. The zero-order valence-corrected chi connectivity index (χ0v) is 29.3. The van der Waals surface area contributed by atoms with E-state index < -0.39 is 51.8 Å². The Hall–Kier alpha value is -4.00. The van der Waals surface area contributed by atoms with Crippen LogP contribution in [0.3, 0.4) is 0 Å². The summed E-state index contributed by atoms with van der Waals surface area (Å²) < 4.78 is 66.9. The van der Waals surface area contributed by atoms with Gasteiger partial charge in [-0.05, 0) is 58.4 Å². The number of hydrogen-bond acceptors (Lipinski definition) is 9. The highest BCUT2D eigenvalue weighted by atomic mass is 35.5. The third-order valence-electron chi connectivity index (χ3n) is 9.11. The third-order valence-corrected chi connectivity index (χ3v) is 9.48. The zero-order chi connectivity index (χ0) is 35.6. The molecule has 0 bridgehead atoms. The van der Waals surface area contributed by atoms with Crippen molar-refractivity contribution in [3.05, 3.63) is 75.9 Å². The first-order valence-corrected chi connectivity index (χ1v) is 17.2. The van der Waals surface area contributed by atoms with Crippen molar-refractivity contribution in [3.63, 3.8) is 0 Å². The standard InChI is InChI=1S/C37H41ClF2N2O8/c1-36(2,3)50-35(44)42-15-10-13-27(42)37(22-11-6-5-7-12-22)20-23-26(49-37)19-25(39)31(38)29(23)30-24(34(43)45-4)21-41-33(32(30)40)48-18-17-47-28-14-8-9-16-46-28/h5-7,11-12,19,21,27-28H,8-10,13-18,20H2,1-4H3/t27-,28-,37-/m0/s1. The Labute approximate surface area is 294 Å². The van der Waals surface area contributed by atoms with Gasteiger partial charge in [0.05, 0.1) is 30.3 Å². The van der Waals surface area contributed by atoms with Gasteiger partial charge in [-0.3, -0.25) is 0 Å². The number of esters is 1. The third kappa shape index (κ3) is 7.11. The molecule has 0 aliphatic carbocycles. The fraction of sp³-hybridized carbons (Fsp3) is 0.486. The first-order chi connectivity index (χ1) is 23.9. The van der Waals surface area contributed by atoms with Crippen molar-refractivity contribution in [1.82, 2.24) is 9.88 Å². The fourth-order valence-corrected chi connectivity index (χ4v) is 7.22. The van der Waals surface area contributed by atoms with Gasteiger partial charge >= 0.3 is 12.1 Å². The number of fused-ring (bicyclic) bond motifs is 1. The average Bonchev–Trinajstić information content (AvgIpc) is 3.74. The molecule has 3 aromatic rings. The number of rotatable bonds is 9. The van der Waals surface area contributed by atoms with Gasteiger partial charge < -0.3 is 33.3 Å². The van der Waals surface area contributed by atoms with E-state index in [4.69, 9.17) is 40.0 Å². The molecule has 0 saturated carbocycles. The number of halogens is 3. The number of carbonyl (C=O) groups is 2. The average molecular weight is 715 g/mol. The summed E-state index contributed by atoms with van der Waals surface area (Å²) >= 11 is 6.69. The highest BCUT2D eigenvalue weighted by Crippen LogP contribution is 2.53. The Morgan fingerprint density at radius 1 is 1.08 bits per heavy atom. The van der Waals surface area contributed by atoms with E-state index in [0.29, 0.717) is 37.1 Å². The van der Waals surface area contributed by atoms with Crippen molar-refractivity contribution in [2.45, 2.75) is 82.8 Å². The van der Waals surface area contributed by atoms with Crippen LogP contribution in [0.15, 0.2) is 42.6 Å². The van der Waals surface area contributed by atoms with Crippen LogP contribution in [0.1, 0.15) is 74.4 Å². The maximum atomic E-state index is 16.7. The normalized spacial score (nSPS) is 21.8. The number of amides is 1. The maximum Gasteiger partial charge on any atom is 0.410 e. The van der Waals surface area contributed by atoms with Crippen molar-refractivity contribution in [1.29, 1.82) is 0 Å². The van der Waals surface area contributed by atoms with Crippen molar-refractivity contribution in [2.24, 2.45) is 0 Å². The van der Waals surface area contributed by atoms with Gasteiger partial charge in [-0.1, -0.05) is 41.9 Å². The summed E-state index contributed by atoms with van der Waals surface area (Å²) in [6.07, 6.45) is 4.21. The molecule has 13 heteroatoms. The number of likely N-dealkylation sites (tertiary alicyclic amines) is 1. The monoisotopic (exact) mass is 714 g/mol. The van der Waals surface area contributed by atoms with Gasteiger partial charge in [0, 0.05) is 48.5 Å². The molecule has 6 rings (SSSR count). The lowest BCUT2D eigenvalue weighted by atomic mass is 9.80. The second-order valence-corrected chi connectivity index (χ2v) is 13.9. The van der Waals surface area contributed by atoms with Crippen LogP contribution in [-0.2, 0) is 31.0 Å². The molecule has 50 heavy (non-hydrogen) atoms. The summed E-state index contributed by atoms with van der Waals surface area (Å²) in [6.45, 7) is 6.42. The molecule has 0 spiro atoms. The predicted octanol–water partition coefficient (Wildman–Crippen LogP) is 7.62. The van der Waals surface area contributed by atoms with E-state index >= 15 is 8.78 Å². The van der Waals surface area contributed by atoms with Crippen molar-refractivity contribution in [2.75, 3.05) is 33.5 Å². The van der Waals surface area contributed by atoms with E-state index in [1.807, 2.05) is 30.3 Å². The van der Waals surface area contributed by atoms with Gasteiger partial charge in [0.15, 0.2) is 17.7 Å². The quantitative estimate of drug-likeness (QED) is 0.164. The van der Waals surface area contributed by atoms with Crippen molar-refractivity contribution >= 4 is 23.7 Å². The first-order valence-electron chi connectivity index (χ1n) is 16.8. The molecule has 3 aliphatic rings. The van der Waals surface area contributed by atoms with Crippen LogP contribution in [-0.4, -0.2) is 73.4 Å². The highest BCUT2D eigenvalue weighted by molar-refractivity contribution is 6.34. The smallest absolute Gasteiger partial charge is 0.410 e. The number of hydrogen-bond donors (Lipinski definition) is 0. The van der Waals surface area contributed by atoms with E-state index in [9.17, 15) is 9.59 Å². The molecular formula is C37H41ClF2N2O8. The molecular weight excluding hydrogens is 674 g/mol. The lowest BCUT2D eigenvalue weighted by molar-refractivity contribution is -0.165. The van der Waals surface area contributed by atoms with E-state index in [-0.39, 0.29) is 48.4 Å². The topological polar surface area (TPSA) is 106 Å². The molecule has 2 fully saturated rings. The number of carbonyl (C=O) groups excluding carboxylic acids is 2. The van der Waals surface area contributed by atoms with Gasteiger partial charge in [0.1, 0.15) is 23.8 Å². The Morgan fingerprint density at radius 2 is 1.86 bits per heavy atom. The largest absolute Gasteiger partial charge is 0.480 e. The molecule has 1 aromatic heterocycles. The van der Waals surface area contributed by atoms with Crippen LogP contribution in [0.5, 0.6) is 11.6 Å². The maximum absolute atomic E-state index is 16.7. The van der Waals surface area contributed by atoms with Gasteiger partial charge in [-0.15, -0.1) is 0 Å². The summed E-state index contributed by atoms with van der Waals surface area (Å²) in [4.78, 5) is 32.3. The van der Waals surface area contributed by atoms with Crippen LogP contribution < -0.4 is 9.47 Å². The van der Waals surface area contributed by atoms with E-state index in [1.165, 1.54) is 0 Å². The van der Waals surface area contributed by atoms with Gasteiger partial charge in [-0.2, -0.15) is 0 Å². The van der Waals surface area contributed by atoms with Crippen LogP contribution in [0, 0.1) is 11.6 Å². The van der Waals surface area contributed by atoms with Gasteiger partial charge in [0.25, 0.3) is 5.88 Å². The minimum absolute atomic E-state index is 0.0550. The Balaban J connectivity index is 1.42. The molecule has 2 aromatic carbocycles. The molecule has 10 nitrogen and oxygen atoms in total. The molecule has 0 unspecified atom stereocenters. The molecule has 0 N–H and O–H groups in total. The number of aromatic nitrogens is 1. The van der Waals surface area contributed by atoms with Crippen LogP contribution in [0.25, 0.3) is 11.1 Å². The van der Waals surface area contributed by atoms with Gasteiger partial charge in [0.2, 0.25) is 0 Å². The Kier molecular flexibility index (Phi) is 10.5. The minimum atomic E-state index is -1.24. The number of pyridine rings is 1. The minimum Gasteiger partial charge on any atom is -0.480 e. The molecule has 3 aliphatic heterocycles. The SMILES string of the molecule is COC(=O)c1cnc(OCCO[C@H]2CCCCO2)c(F)c1-c1c(Cl)c(F)cc2c1C[C@](c1ccccc1)([C@@H]1CCCN1C(=O)OC(C)(C)C)O2. The second-order valence-electron chi connectivity index (χ2n) is 13.6. The number of ether oxygens (including phenoxy) is 6. The molecule has 1 amide bonds. The second kappa shape index (κ2) is 14.7. The predicted molar refractivity (Wildman–Crippen MR) is 179 cm³/mol. The lowest BCUT2D eigenvalue weighted by Gasteiger charge is -2.40. The van der Waals surface area contributed by atoms with Crippen molar-refractivity contribution in [3.8, 4) is 22.8 Å². The lowest BCUT2D eigenvalue weighted by Crippen LogP contribution is -2.53. The van der Waals surface area contributed by atoms with Crippen molar-refractivity contribution < 1.29 is 46.8 Å². The summed E-state index contributed by atoms with van der Waals surface area (Å²) in [6, 6.07) is 9.88. The summed E-state index contributed by atoms with van der Waals surface area (Å²) in [5.74, 6) is -3.18. The zero-order valence-electron chi connectivity index (χ0n) is 28.6. The van der Waals surface area contributed by atoms with Crippen LogP contribution in [0.4, 0.5) is 13.6 Å². The molecule has 0 radical (unpaired) electrons. The van der Waals surface area contributed by atoms with Crippen LogP contribution in [0.2, 0.25) is 5.02 Å². The van der Waals surface area contributed by atoms with Gasteiger partial charge in [-0.25, -0.2) is 23.4 Å². The van der Waals surface area contributed by atoms with E-state index in [2.05, 4.69) is 4.98 Å². The van der Waals surface area contributed by atoms with E-state index in [0.717, 1.165) is 38.6 Å². The van der Waals surface area contributed by atoms with E-state index in [1.54, 1.807) is 25.7 Å². The number of methoxy groups -OCH3 is 1. The van der Waals surface area contributed by atoms with Crippen LogP contribution >= 0.6 is 11.6 Å². The highest BCUT2D eigenvalue weighted by Gasteiger charge is 2.54. The summed E-state index contributed by atoms with van der Waals surface area (Å²) in [5, 5.41) is -0.425. The molecule has 2 saturated heterocycles. The summed E-state index contributed by atoms with van der Waals surface area (Å²) in [7, 11) is 1.14. The Bertz CT molecular complexity index is 1730. The molecule has 3 atom stereocenters. The fourth-order valence-electron chi connectivity index (χ4n) is 6.95. The Morgan fingerprint density at radius 3 is 2.56 bits per heavy atom. The first kappa shape index (κ1) is 35.8.